The average molecular weight is 764 g/mol. The van der Waals surface area contributed by atoms with Crippen LogP contribution in [0.4, 0.5) is 16.4 Å². The van der Waals surface area contributed by atoms with E-state index in [1.54, 1.807) is 6.92 Å². The SMILES string of the molecule is C/C=C/CC(CC)C(=O)OCCOCCN(CCOCCOCCOC(=O)C(CC=O)C/C=C/C)c1ccc(N=Nc2sc(C#N)c(C)c2C#N)c(C)c1. The molecule has 0 bridgehead atoms. The van der Waals surface area contributed by atoms with Gasteiger partial charge in [0.1, 0.15) is 36.5 Å². The standard InChI is InChI=1S/C40H53N5O8S/c1-6-9-11-32(8-3)39(47)52-25-23-50-20-17-45(16-19-49-21-22-51-24-26-53-40(48)33(15-18-46)12-10-7-2)34-13-14-36(30(4)27-34)43-44-38-35(28-41)31(5)37(29-42)54-38/h6-7,9-10,13-14,18,27,32-33H,8,11-12,15-17,19-26H2,1-5H3/b9-6+,10-7+,44-43?. The zero-order valence-electron chi connectivity index (χ0n) is 32.1. The number of anilines is 1. The summed E-state index contributed by atoms with van der Waals surface area (Å²) in [7, 11) is 0. The number of hydrogen-bond donors (Lipinski definition) is 0. The molecule has 0 aliphatic rings. The molecule has 0 aliphatic carbocycles. The highest BCUT2D eigenvalue weighted by molar-refractivity contribution is 7.16. The van der Waals surface area contributed by atoms with Crippen molar-refractivity contribution in [1.82, 2.24) is 0 Å². The van der Waals surface area contributed by atoms with E-state index in [9.17, 15) is 24.9 Å². The molecule has 0 fully saturated rings. The van der Waals surface area contributed by atoms with Gasteiger partial charge in [0.15, 0.2) is 5.00 Å². The summed E-state index contributed by atoms with van der Waals surface area (Å²) in [5.41, 5.74) is 3.35. The van der Waals surface area contributed by atoms with Crippen molar-refractivity contribution in [3.05, 3.63) is 64.1 Å². The average Bonchev–Trinajstić information content (AvgIpc) is 3.49. The van der Waals surface area contributed by atoms with Gasteiger partial charge in [-0.1, -0.05) is 31.2 Å². The molecule has 54 heavy (non-hydrogen) atoms. The molecule has 1 heterocycles. The van der Waals surface area contributed by atoms with E-state index in [2.05, 4.69) is 27.3 Å². The highest BCUT2D eigenvalue weighted by Gasteiger charge is 2.19. The number of nitriles is 2. The van der Waals surface area contributed by atoms with Crippen LogP contribution in [-0.4, -0.2) is 84.2 Å². The summed E-state index contributed by atoms with van der Waals surface area (Å²) in [4.78, 5) is 38.1. The van der Waals surface area contributed by atoms with Crippen molar-refractivity contribution in [2.24, 2.45) is 22.1 Å². The molecule has 0 aliphatic heterocycles. The molecule has 0 radical (unpaired) electrons. The summed E-state index contributed by atoms with van der Waals surface area (Å²) in [5.74, 6) is -1.29. The highest BCUT2D eigenvalue weighted by Crippen LogP contribution is 2.36. The quantitative estimate of drug-likeness (QED) is 0.0288. The third-order valence-corrected chi connectivity index (χ3v) is 9.40. The number of carbonyl (C=O) groups is 3. The first-order chi connectivity index (χ1) is 26.2. The molecule has 14 heteroatoms. The molecule has 2 unspecified atom stereocenters. The maximum Gasteiger partial charge on any atom is 0.309 e. The lowest BCUT2D eigenvalue weighted by Crippen LogP contribution is -2.31. The molecule has 2 rings (SSSR count). The summed E-state index contributed by atoms with van der Waals surface area (Å²) < 4.78 is 27.9. The first-order valence-electron chi connectivity index (χ1n) is 18.2. The van der Waals surface area contributed by atoms with Gasteiger partial charge in [0.05, 0.1) is 62.7 Å². The van der Waals surface area contributed by atoms with Crippen LogP contribution in [0.5, 0.6) is 0 Å². The lowest BCUT2D eigenvalue weighted by molar-refractivity contribution is -0.151. The Hall–Kier alpha value is -4.73. The molecule has 1 aromatic carbocycles. The van der Waals surface area contributed by atoms with Crippen LogP contribution >= 0.6 is 11.3 Å². The molecular weight excluding hydrogens is 711 g/mol. The summed E-state index contributed by atoms with van der Waals surface area (Å²) in [6, 6.07) is 9.97. The Morgan fingerprint density at radius 2 is 1.39 bits per heavy atom. The van der Waals surface area contributed by atoms with E-state index in [1.165, 1.54) is 0 Å². The van der Waals surface area contributed by atoms with E-state index < -0.39 is 11.9 Å². The smallest absolute Gasteiger partial charge is 0.309 e. The molecule has 1 aromatic heterocycles. The number of aldehydes is 1. The second-order valence-corrected chi connectivity index (χ2v) is 13.1. The molecule has 0 saturated carbocycles. The van der Waals surface area contributed by atoms with Gasteiger partial charge >= 0.3 is 11.9 Å². The number of rotatable bonds is 27. The third kappa shape index (κ3) is 16.1. The number of ether oxygens (including phenoxy) is 5. The van der Waals surface area contributed by atoms with Crippen LogP contribution in [0.3, 0.4) is 0 Å². The number of allylic oxidation sites excluding steroid dienone is 4. The molecule has 292 valence electrons. The lowest BCUT2D eigenvalue weighted by atomic mass is 10.0. The molecule has 2 aromatic rings. The molecule has 13 nitrogen and oxygen atoms in total. The topological polar surface area (TPSA) is 173 Å². The van der Waals surface area contributed by atoms with Crippen molar-refractivity contribution in [3.63, 3.8) is 0 Å². The summed E-state index contributed by atoms with van der Waals surface area (Å²) in [6.07, 6.45) is 10.2. The van der Waals surface area contributed by atoms with E-state index in [1.807, 2.05) is 70.2 Å². The first-order valence-corrected chi connectivity index (χ1v) is 19.0. The zero-order chi connectivity index (χ0) is 39.6. The molecular formula is C40H53N5O8S. The molecule has 0 spiro atoms. The monoisotopic (exact) mass is 763 g/mol. The van der Waals surface area contributed by atoms with Crippen LogP contribution < -0.4 is 4.90 Å². The Balaban J connectivity index is 1.94. The Morgan fingerprint density at radius 1 is 0.815 bits per heavy atom. The van der Waals surface area contributed by atoms with Gasteiger partial charge in [-0.15, -0.1) is 21.6 Å². The number of aryl methyl sites for hydroxylation is 1. The van der Waals surface area contributed by atoms with Gasteiger partial charge in [-0.25, -0.2) is 0 Å². The van der Waals surface area contributed by atoms with Gasteiger partial charge in [0.25, 0.3) is 0 Å². The maximum atomic E-state index is 12.4. The fourth-order valence-electron chi connectivity index (χ4n) is 5.07. The van der Waals surface area contributed by atoms with Gasteiger partial charge in [-0.05, 0) is 76.3 Å². The highest BCUT2D eigenvalue weighted by atomic mass is 32.1. The van der Waals surface area contributed by atoms with Crippen molar-refractivity contribution >= 4 is 45.9 Å². The van der Waals surface area contributed by atoms with Crippen molar-refractivity contribution in [2.45, 2.75) is 60.3 Å². The van der Waals surface area contributed by atoms with E-state index in [-0.39, 0.29) is 44.7 Å². The second-order valence-electron chi connectivity index (χ2n) is 12.1. The van der Waals surface area contributed by atoms with Crippen LogP contribution in [0.15, 0.2) is 52.7 Å². The van der Waals surface area contributed by atoms with Crippen LogP contribution in [0.1, 0.15) is 68.0 Å². The predicted molar refractivity (Wildman–Crippen MR) is 207 cm³/mol. The number of carbonyl (C=O) groups excluding carboxylic acids is 3. The van der Waals surface area contributed by atoms with Crippen LogP contribution in [0.25, 0.3) is 0 Å². The molecule has 0 saturated heterocycles. The number of thiophene rings is 1. The first kappa shape index (κ1) is 45.4. The van der Waals surface area contributed by atoms with Gasteiger partial charge < -0.3 is 33.4 Å². The van der Waals surface area contributed by atoms with Crippen LogP contribution in [0, 0.1) is 48.3 Å². The van der Waals surface area contributed by atoms with E-state index in [0.29, 0.717) is 85.5 Å². The van der Waals surface area contributed by atoms with Crippen molar-refractivity contribution in [2.75, 3.05) is 70.8 Å². The minimum Gasteiger partial charge on any atom is -0.463 e. The number of hydrogen-bond acceptors (Lipinski definition) is 14. The molecule has 0 amide bonds. The van der Waals surface area contributed by atoms with Crippen molar-refractivity contribution in [3.8, 4) is 12.1 Å². The number of azo groups is 1. The van der Waals surface area contributed by atoms with Crippen molar-refractivity contribution < 1.29 is 38.1 Å². The third-order valence-electron chi connectivity index (χ3n) is 8.32. The van der Waals surface area contributed by atoms with Gasteiger partial charge in [-0.3, -0.25) is 9.59 Å². The fraction of sp³-hybridized carbons (Fsp3) is 0.525. The lowest BCUT2D eigenvalue weighted by Gasteiger charge is -2.25. The Morgan fingerprint density at radius 3 is 1.93 bits per heavy atom. The van der Waals surface area contributed by atoms with E-state index >= 15 is 0 Å². The molecule has 0 N–H and O–H groups in total. The number of benzene rings is 1. The fourth-order valence-corrected chi connectivity index (χ4v) is 5.95. The summed E-state index contributed by atoms with van der Waals surface area (Å²) >= 11 is 1.14. The predicted octanol–water partition coefficient (Wildman–Crippen LogP) is 7.63. The number of esters is 2. The minimum atomic E-state index is -0.490. The summed E-state index contributed by atoms with van der Waals surface area (Å²) in [6.45, 7) is 12.7. The van der Waals surface area contributed by atoms with Gasteiger partial charge in [0.2, 0.25) is 0 Å². The number of nitrogens with zero attached hydrogens (tertiary/aromatic N) is 5. The van der Waals surface area contributed by atoms with E-state index in [0.717, 1.165) is 28.9 Å². The normalized spacial score (nSPS) is 12.5. The van der Waals surface area contributed by atoms with Crippen molar-refractivity contribution in [1.29, 1.82) is 10.5 Å². The van der Waals surface area contributed by atoms with E-state index in [4.69, 9.17) is 23.7 Å². The Labute approximate surface area is 323 Å². The zero-order valence-corrected chi connectivity index (χ0v) is 32.9. The van der Waals surface area contributed by atoms with Crippen LogP contribution in [-0.2, 0) is 38.1 Å². The minimum absolute atomic E-state index is 0.0919. The summed E-state index contributed by atoms with van der Waals surface area (Å²) in [5, 5.41) is 28.0. The molecule has 2 atom stereocenters. The van der Waals surface area contributed by atoms with Gasteiger partial charge in [0, 0.05) is 25.2 Å². The second kappa shape index (κ2) is 26.9. The largest absolute Gasteiger partial charge is 0.463 e. The Kier molecular flexibility index (Phi) is 22.7. The van der Waals surface area contributed by atoms with Gasteiger partial charge in [-0.2, -0.15) is 10.5 Å². The van der Waals surface area contributed by atoms with Crippen LogP contribution in [0.2, 0.25) is 0 Å². The Bertz CT molecular complexity index is 1640. The maximum absolute atomic E-state index is 12.4.